The summed E-state index contributed by atoms with van der Waals surface area (Å²) >= 11 is 6.86. The van der Waals surface area contributed by atoms with Crippen molar-refractivity contribution in [1.82, 2.24) is 4.98 Å². The number of methoxy groups -OCH3 is 1. The topological polar surface area (TPSA) is 91.3 Å². The molecule has 0 aliphatic heterocycles. The number of amides is 1. The molecular formula is C15H14ClN2O4S-. The predicted octanol–water partition coefficient (Wildman–Crippen LogP) is 2.22. The van der Waals surface area contributed by atoms with E-state index >= 15 is 0 Å². The van der Waals surface area contributed by atoms with E-state index in [-0.39, 0.29) is 10.8 Å². The smallest absolute Gasteiger partial charge is 0.234 e. The molecule has 0 saturated heterocycles. The van der Waals surface area contributed by atoms with Crippen LogP contribution in [0.1, 0.15) is 33.2 Å². The molecule has 8 heteroatoms. The van der Waals surface area contributed by atoms with Crippen LogP contribution in [0.15, 0.2) is 18.2 Å². The highest BCUT2D eigenvalue weighted by molar-refractivity contribution is 7.13. The Kier molecular flexibility index (Phi) is 5.23. The molecule has 0 saturated carbocycles. The van der Waals surface area contributed by atoms with E-state index in [4.69, 9.17) is 16.3 Å². The number of carboxylic acid groups (broad SMARTS) is 1. The van der Waals surface area contributed by atoms with Gasteiger partial charge in [0, 0.05) is 5.02 Å². The highest BCUT2D eigenvalue weighted by Crippen LogP contribution is 2.30. The molecule has 2 aromatic rings. The molecule has 122 valence electrons. The second kappa shape index (κ2) is 6.97. The van der Waals surface area contributed by atoms with Crippen molar-refractivity contribution in [2.75, 3.05) is 12.4 Å². The number of anilines is 1. The van der Waals surface area contributed by atoms with E-state index < -0.39 is 11.9 Å². The van der Waals surface area contributed by atoms with Gasteiger partial charge in [-0.1, -0.05) is 11.6 Å². The Morgan fingerprint density at radius 1 is 1.43 bits per heavy atom. The van der Waals surface area contributed by atoms with Crippen molar-refractivity contribution >= 4 is 40.5 Å². The third-order valence-corrected chi connectivity index (χ3v) is 4.74. The molecule has 0 radical (unpaired) electrons. The van der Waals surface area contributed by atoms with Gasteiger partial charge in [0.2, 0.25) is 5.91 Å². The third kappa shape index (κ3) is 3.80. The van der Waals surface area contributed by atoms with Gasteiger partial charge in [0.1, 0.15) is 10.8 Å². The molecule has 1 amide bonds. The van der Waals surface area contributed by atoms with Crippen LogP contribution < -0.4 is 15.2 Å². The summed E-state index contributed by atoms with van der Waals surface area (Å²) in [6.45, 7) is 3.21. The number of halogens is 1. The van der Waals surface area contributed by atoms with E-state index in [9.17, 15) is 14.7 Å². The normalized spacial score (nSPS) is 11.8. The van der Waals surface area contributed by atoms with Crippen molar-refractivity contribution in [2.24, 2.45) is 0 Å². The number of hydrogen-bond acceptors (Lipinski definition) is 6. The van der Waals surface area contributed by atoms with Crippen molar-refractivity contribution < 1.29 is 19.4 Å². The highest BCUT2D eigenvalue weighted by Gasteiger charge is 2.22. The van der Waals surface area contributed by atoms with Gasteiger partial charge in [-0.3, -0.25) is 4.79 Å². The van der Waals surface area contributed by atoms with Gasteiger partial charge in [-0.05, 0) is 32.0 Å². The van der Waals surface area contributed by atoms with Gasteiger partial charge in [-0.15, -0.1) is 11.3 Å². The maximum absolute atomic E-state index is 12.4. The largest absolute Gasteiger partial charge is 0.544 e. The van der Waals surface area contributed by atoms with Gasteiger partial charge in [0.25, 0.3) is 0 Å². The Balaban J connectivity index is 2.22. The van der Waals surface area contributed by atoms with Crippen LogP contribution in [0, 0.1) is 6.92 Å². The van der Waals surface area contributed by atoms with Crippen molar-refractivity contribution in [1.29, 1.82) is 0 Å². The molecule has 23 heavy (non-hydrogen) atoms. The maximum Gasteiger partial charge on any atom is 0.234 e. The fraction of sp³-hybridized carbons (Fsp3) is 0.267. The lowest BCUT2D eigenvalue weighted by Gasteiger charge is -2.13. The minimum atomic E-state index is -1.30. The molecule has 1 atom stereocenters. The molecule has 0 bridgehead atoms. The average Bonchev–Trinajstić information content (AvgIpc) is 2.88. The molecule has 0 spiro atoms. The third-order valence-electron chi connectivity index (χ3n) is 3.18. The zero-order chi connectivity index (χ0) is 17.1. The quantitative estimate of drug-likeness (QED) is 0.889. The Bertz CT molecular complexity index is 760. The van der Waals surface area contributed by atoms with Crippen molar-refractivity contribution in [3.63, 3.8) is 0 Å². The zero-order valence-corrected chi connectivity index (χ0v) is 14.2. The molecule has 6 nitrogen and oxygen atoms in total. The molecular weight excluding hydrogens is 340 g/mol. The lowest BCUT2D eigenvalue weighted by molar-refractivity contribution is -0.254. The molecule has 0 fully saturated rings. The lowest BCUT2D eigenvalue weighted by atomic mass is 10.1. The minimum absolute atomic E-state index is 0.0278. The van der Waals surface area contributed by atoms with Crippen LogP contribution >= 0.6 is 22.9 Å². The van der Waals surface area contributed by atoms with E-state index in [1.807, 2.05) is 0 Å². The van der Waals surface area contributed by atoms with Crippen LogP contribution in [-0.4, -0.2) is 24.0 Å². The predicted molar refractivity (Wildman–Crippen MR) is 86.2 cm³/mol. The molecule has 1 heterocycles. The van der Waals surface area contributed by atoms with Gasteiger partial charge >= 0.3 is 0 Å². The van der Waals surface area contributed by atoms with Crippen LogP contribution in [-0.2, 0) is 4.79 Å². The number of aryl methyl sites for hydroxylation is 1. The molecule has 2 rings (SSSR count). The summed E-state index contributed by atoms with van der Waals surface area (Å²) in [6.07, 6.45) is 0. The van der Waals surface area contributed by atoms with Crippen LogP contribution in [0.5, 0.6) is 5.75 Å². The SMILES string of the molecule is COc1ccc(Cl)cc1NC(=O)[C@@H](C)c1nc(C)c(C(=O)[O-])s1. The number of aromatic nitrogens is 1. The summed E-state index contributed by atoms with van der Waals surface area (Å²) in [5.41, 5.74) is 0.773. The maximum atomic E-state index is 12.4. The first-order valence-corrected chi connectivity index (χ1v) is 7.86. The van der Waals surface area contributed by atoms with E-state index in [0.717, 1.165) is 11.3 Å². The number of nitrogens with zero attached hydrogens (tertiary/aromatic N) is 1. The van der Waals surface area contributed by atoms with Gasteiger partial charge in [0.05, 0.1) is 35.3 Å². The summed E-state index contributed by atoms with van der Waals surface area (Å²) in [7, 11) is 1.48. The number of nitrogens with one attached hydrogen (secondary N) is 1. The number of carbonyl (C=O) groups is 2. The van der Waals surface area contributed by atoms with E-state index in [0.29, 0.717) is 27.2 Å². The number of benzene rings is 1. The number of hydrogen-bond donors (Lipinski definition) is 1. The van der Waals surface area contributed by atoms with Gasteiger partial charge in [0.15, 0.2) is 0 Å². The highest BCUT2D eigenvalue weighted by atomic mass is 35.5. The molecule has 1 aromatic carbocycles. The standard InChI is InChI=1S/C15H15ClN2O4S/c1-7(14-17-8(2)12(23-14)15(20)21)13(19)18-10-6-9(16)4-5-11(10)22-3/h4-7H,1-3H3,(H,18,19)(H,20,21)/p-1/t7-/m1/s1. The Hall–Kier alpha value is -2.12. The van der Waals surface area contributed by atoms with Crippen molar-refractivity contribution in [3.05, 3.63) is 38.8 Å². The summed E-state index contributed by atoms with van der Waals surface area (Å²) in [6, 6.07) is 4.87. The second-order valence-electron chi connectivity index (χ2n) is 4.81. The lowest BCUT2D eigenvalue weighted by Crippen LogP contribution is -2.21. The van der Waals surface area contributed by atoms with Crippen LogP contribution in [0.4, 0.5) is 5.69 Å². The Morgan fingerprint density at radius 3 is 2.70 bits per heavy atom. The summed E-state index contributed by atoms with van der Waals surface area (Å²) in [4.78, 5) is 27.5. The van der Waals surface area contributed by atoms with Gasteiger partial charge in [-0.2, -0.15) is 0 Å². The van der Waals surface area contributed by atoms with E-state index in [1.54, 1.807) is 32.0 Å². The van der Waals surface area contributed by atoms with Crippen LogP contribution in [0.2, 0.25) is 5.02 Å². The number of rotatable bonds is 5. The number of ether oxygens (including phenoxy) is 1. The summed E-state index contributed by atoms with van der Waals surface area (Å²) in [5.74, 6) is -1.80. The monoisotopic (exact) mass is 353 g/mol. The fourth-order valence-electron chi connectivity index (χ4n) is 1.92. The first-order valence-electron chi connectivity index (χ1n) is 6.66. The zero-order valence-electron chi connectivity index (χ0n) is 12.7. The summed E-state index contributed by atoms with van der Waals surface area (Å²) in [5, 5.41) is 14.5. The number of thiazole rings is 1. The molecule has 0 unspecified atom stereocenters. The van der Waals surface area contributed by atoms with Gasteiger partial charge < -0.3 is 20.0 Å². The molecule has 1 N–H and O–H groups in total. The fourth-order valence-corrected chi connectivity index (χ4v) is 3.05. The van der Waals surface area contributed by atoms with Gasteiger partial charge in [-0.25, -0.2) is 4.98 Å². The van der Waals surface area contributed by atoms with Crippen molar-refractivity contribution in [3.8, 4) is 5.75 Å². The minimum Gasteiger partial charge on any atom is -0.544 e. The van der Waals surface area contributed by atoms with Crippen LogP contribution in [0.25, 0.3) is 0 Å². The molecule has 0 aliphatic rings. The van der Waals surface area contributed by atoms with Crippen molar-refractivity contribution in [2.45, 2.75) is 19.8 Å². The first kappa shape index (κ1) is 17.2. The van der Waals surface area contributed by atoms with E-state index in [2.05, 4.69) is 10.3 Å². The molecule has 0 aliphatic carbocycles. The first-order chi connectivity index (χ1) is 10.8. The average molecular weight is 354 g/mol. The number of carbonyl (C=O) groups excluding carboxylic acids is 2. The summed E-state index contributed by atoms with van der Waals surface area (Å²) < 4.78 is 5.17. The Morgan fingerprint density at radius 2 is 2.13 bits per heavy atom. The van der Waals surface area contributed by atoms with E-state index in [1.165, 1.54) is 7.11 Å². The Labute approximate surface area is 142 Å². The number of carboxylic acids is 1. The van der Waals surface area contributed by atoms with Crippen LogP contribution in [0.3, 0.4) is 0 Å². The second-order valence-corrected chi connectivity index (χ2v) is 6.28. The molecule has 1 aromatic heterocycles. The number of aromatic carboxylic acids is 1.